The lowest BCUT2D eigenvalue weighted by molar-refractivity contribution is -0.883. The van der Waals surface area contributed by atoms with Crippen molar-refractivity contribution in [3.05, 3.63) is 12.2 Å². The van der Waals surface area contributed by atoms with Gasteiger partial charge in [-0.3, -0.25) is 24.0 Å². The molecule has 2 aliphatic heterocycles. The topological polar surface area (TPSA) is 333 Å². The first-order chi connectivity index (χ1) is 31.7. The maximum atomic E-state index is 12.8. The molecule has 0 aromatic carbocycles. The van der Waals surface area contributed by atoms with E-state index < -0.39 is 130 Å². The van der Waals surface area contributed by atoms with Crippen molar-refractivity contribution in [1.82, 2.24) is 10.6 Å². The Morgan fingerprint density at radius 1 is 0.746 bits per heavy atom. The normalized spacial score (nSPS) is 26.3. The Bertz CT molecular complexity index is 1550. The largest absolute Gasteiger partial charge is 0.460 e. The molecule has 0 radical (unpaired) electrons. The van der Waals surface area contributed by atoms with E-state index in [9.17, 15) is 64.5 Å². The SMILES string of the molecule is CCCCCC(OC(=O)C[N+](C)(C)CCOC(C)=O)C(O)C/C=C\CCCCCCCC(=O)OCOC(=O)CC(=O)NC1[C@@H](O)OC(CO)[C@H](O[C@H]2OC(CO)[C@H](O)[C@@H](O)C2NC(C)=O)[C@H]1O. The quantitative estimate of drug-likeness (QED) is 0.00724. The van der Waals surface area contributed by atoms with Crippen molar-refractivity contribution in [1.29, 1.82) is 0 Å². The number of hydrogen-bond donors (Lipinski definition) is 9. The third kappa shape index (κ3) is 22.4. The summed E-state index contributed by atoms with van der Waals surface area (Å²) in [5, 5.41) is 77.4. The molecule has 23 heteroatoms. The molecule has 23 nitrogen and oxygen atoms in total. The Kier molecular flexibility index (Phi) is 27.7. The molecule has 0 aromatic rings. The van der Waals surface area contributed by atoms with Gasteiger partial charge in [0.2, 0.25) is 18.6 Å². The van der Waals surface area contributed by atoms with Gasteiger partial charge in [0.05, 0.1) is 33.4 Å². The fraction of sp³-hybridized carbons (Fsp3) is 0.818. The van der Waals surface area contributed by atoms with Crippen LogP contribution < -0.4 is 10.6 Å². The molecule has 2 saturated heterocycles. The summed E-state index contributed by atoms with van der Waals surface area (Å²) >= 11 is 0. The summed E-state index contributed by atoms with van der Waals surface area (Å²) in [4.78, 5) is 72.8. The van der Waals surface area contributed by atoms with Gasteiger partial charge in [-0.2, -0.15) is 0 Å². The van der Waals surface area contributed by atoms with Crippen LogP contribution in [-0.4, -0.2) is 203 Å². The zero-order valence-electron chi connectivity index (χ0n) is 39.4. The van der Waals surface area contributed by atoms with Gasteiger partial charge in [-0.1, -0.05) is 51.2 Å². The number of likely N-dealkylation sites (N-methyl/N-ethyl adjacent to an activating group) is 1. The number of esters is 4. The van der Waals surface area contributed by atoms with E-state index in [1.807, 2.05) is 26.2 Å². The summed E-state index contributed by atoms with van der Waals surface area (Å²) < 4.78 is 37.3. The van der Waals surface area contributed by atoms with E-state index in [2.05, 4.69) is 17.6 Å². The molecule has 2 rings (SSSR count). The van der Waals surface area contributed by atoms with Gasteiger partial charge in [-0.15, -0.1) is 0 Å². The molecule has 0 aliphatic carbocycles. The number of rotatable bonds is 31. The van der Waals surface area contributed by atoms with Crippen molar-refractivity contribution in [3.8, 4) is 0 Å². The van der Waals surface area contributed by atoms with E-state index in [4.69, 9.17) is 33.2 Å². The Hall–Kier alpha value is -3.88. The molecule has 0 aromatic heterocycles. The number of amides is 2. The van der Waals surface area contributed by atoms with Crippen LogP contribution in [0.15, 0.2) is 12.2 Å². The van der Waals surface area contributed by atoms with Crippen molar-refractivity contribution < 1.29 is 102 Å². The molecule has 0 saturated carbocycles. The molecule has 67 heavy (non-hydrogen) atoms. The number of hydrogen-bond acceptors (Lipinski definition) is 20. The smallest absolute Gasteiger partial charge is 0.362 e. The third-order valence-corrected chi connectivity index (χ3v) is 11.1. The predicted molar refractivity (Wildman–Crippen MR) is 232 cm³/mol. The predicted octanol–water partition coefficient (Wildman–Crippen LogP) is -1.53. The molecule has 9 N–H and O–H groups in total. The van der Waals surface area contributed by atoms with E-state index in [1.165, 1.54) is 6.92 Å². The van der Waals surface area contributed by atoms with Crippen molar-refractivity contribution >= 4 is 35.7 Å². The van der Waals surface area contributed by atoms with Crippen LogP contribution >= 0.6 is 0 Å². The molecule has 12 atom stereocenters. The highest BCUT2D eigenvalue weighted by Gasteiger charge is 2.51. The Morgan fingerprint density at radius 3 is 2.07 bits per heavy atom. The lowest BCUT2D eigenvalue weighted by Crippen LogP contribution is -2.69. The molecule has 2 amide bonds. The molecule has 2 aliphatic rings. The Morgan fingerprint density at radius 2 is 1.42 bits per heavy atom. The van der Waals surface area contributed by atoms with Crippen molar-refractivity contribution in [2.24, 2.45) is 0 Å². The van der Waals surface area contributed by atoms with Crippen molar-refractivity contribution in [3.63, 3.8) is 0 Å². The van der Waals surface area contributed by atoms with Gasteiger partial charge >= 0.3 is 23.9 Å². The van der Waals surface area contributed by atoms with Gasteiger partial charge in [0.1, 0.15) is 74.4 Å². The van der Waals surface area contributed by atoms with Crippen LogP contribution in [-0.2, 0) is 61.9 Å². The molecule has 0 bridgehead atoms. The van der Waals surface area contributed by atoms with Crippen LogP contribution in [0.4, 0.5) is 0 Å². The highest BCUT2D eigenvalue weighted by Crippen LogP contribution is 2.29. The lowest BCUT2D eigenvalue weighted by atomic mass is 9.94. The number of ether oxygens (including phenoxy) is 7. The summed E-state index contributed by atoms with van der Waals surface area (Å²) in [5.41, 5.74) is 0. The summed E-state index contributed by atoms with van der Waals surface area (Å²) in [7, 11) is 3.68. The second-order valence-electron chi connectivity index (χ2n) is 17.5. The van der Waals surface area contributed by atoms with E-state index in [0.717, 1.165) is 58.3 Å². The van der Waals surface area contributed by atoms with E-state index in [0.29, 0.717) is 25.8 Å². The van der Waals surface area contributed by atoms with Crippen molar-refractivity contribution in [2.45, 2.75) is 178 Å². The van der Waals surface area contributed by atoms with Crippen molar-refractivity contribution in [2.75, 3.05) is 53.8 Å². The first kappa shape index (κ1) is 59.2. The van der Waals surface area contributed by atoms with Crippen LogP contribution in [0, 0.1) is 0 Å². The average Bonchev–Trinajstić information content (AvgIpc) is 3.25. The minimum Gasteiger partial charge on any atom is -0.460 e. The lowest BCUT2D eigenvalue weighted by Gasteiger charge is -2.47. The molecular formula is C44H76N3O20+. The molecule has 2 fully saturated rings. The van der Waals surface area contributed by atoms with Crippen LogP contribution in [0.25, 0.3) is 0 Å². The molecule has 2 heterocycles. The minimum absolute atomic E-state index is 0.0673. The number of carbonyl (C=O) groups is 6. The Balaban J connectivity index is 1.69. The number of allylic oxidation sites excluding steroid dienone is 1. The second-order valence-corrected chi connectivity index (χ2v) is 17.5. The molecule has 0 spiro atoms. The fourth-order valence-corrected chi connectivity index (χ4v) is 7.36. The first-order valence-electron chi connectivity index (χ1n) is 23.0. The zero-order chi connectivity index (χ0) is 50.1. The maximum absolute atomic E-state index is 12.8. The summed E-state index contributed by atoms with van der Waals surface area (Å²) in [6.07, 6.45) is -3.29. The van der Waals surface area contributed by atoms with Gasteiger partial charge < -0.3 is 84.0 Å². The van der Waals surface area contributed by atoms with E-state index in [-0.39, 0.29) is 30.0 Å². The van der Waals surface area contributed by atoms with Crippen LogP contribution in [0.1, 0.15) is 104 Å². The summed E-state index contributed by atoms with van der Waals surface area (Å²) in [6.45, 7) is 2.86. The average molecular weight is 967 g/mol. The Labute approximate surface area is 391 Å². The minimum atomic E-state index is -1.91. The van der Waals surface area contributed by atoms with E-state index in [1.54, 1.807) is 0 Å². The van der Waals surface area contributed by atoms with Crippen LogP contribution in [0.2, 0.25) is 0 Å². The summed E-state index contributed by atoms with van der Waals surface area (Å²) in [5.74, 6) is -4.24. The van der Waals surface area contributed by atoms with Gasteiger partial charge in [0.25, 0.3) is 0 Å². The number of carbonyl (C=O) groups excluding carboxylic acids is 6. The first-order valence-corrected chi connectivity index (χ1v) is 23.0. The molecule has 386 valence electrons. The molecular weight excluding hydrogens is 890 g/mol. The monoisotopic (exact) mass is 967 g/mol. The number of unbranched alkanes of at least 4 members (excludes halogenated alkanes) is 7. The van der Waals surface area contributed by atoms with Gasteiger partial charge in [-0.25, -0.2) is 4.79 Å². The highest BCUT2D eigenvalue weighted by atomic mass is 16.7. The van der Waals surface area contributed by atoms with Gasteiger partial charge in [0, 0.05) is 20.3 Å². The van der Waals surface area contributed by atoms with Gasteiger partial charge in [-0.05, 0) is 38.5 Å². The zero-order valence-corrected chi connectivity index (χ0v) is 39.4. The van der Waals surface area contributed by atoms with E-state index >= 15 is 0 Å². The van der Waals surface area contributed by atoms with Crippen LogP contribution in [0.5, 0.6) is 0 Å². The highest BCUT2D eigenvalue weighted by molar-refractivity contribution is 5.94. The van der Waals surface area contributed by atoms with Crippen LogP contribution in [0.3, 0.4) is 0 Å². The second kappa shape index (κ2) is 31.3. The number of nitrogens with one attached hydrogen (secondary N) is 2. The van der Waals surface area contributed by atoms with Gasteiger partial charge in [0.15, 0.2) is 19.1 Å². The maximum Gasteiger partial charge on any atom is 0.362 e. The fourth-order valence-electron chi connectivity index (χ4n) is 7.36. The summed E-state index contributed by atoms with van der Waals surface area (Å²) in [6, 6.07) is -3.08. The molecule has 6 unspecified atom stereocenters. The third-order valence-electron chi connectivity index (χ3n) is 11.1. The number of aliphatic hydroxyl groups excluding tert-OH is 7. The number of quaternary nitrogens is 1. The number of aliphatic hydroxyl groups is 7. The number of nitrogens with zero attached hydrogens (tertiary/aromatic N) is 1. The standard InChI is InChI=1S/C44H75N3O20/c1-6-7-14-18-30(64-36(56)23-47(4,5)20-21-61-28(3)51)29(52)17-15-12-10-8-9-11-13-16-19-34(54)62-26-63-35(55)22-33(53)46-37-41(59)42(32(25-49)65-43(37)60)67-44-38(45-27(2)50)40(58)39(57)31(24-48)66-44/h12,15,29-32,37-44,48-49,52,57-60H,6-11,13-14,16-26H2,1-5H3,(H-,45,46,50,53)/p+1/b15-12-/t29?,30?,31?,32?,37?,38?,39-,40-,41-,42-,43-,44+/m0/s1.